The van der Waals surface area contributed by atoms with E-state index in [1.54, 1.807) is 28.9 Å². The molecule has 0 aliphatic heterocycles. The Morgan fingerprint density at radius 1 is 1.03 bits per heavy atom. The fourth-order valence-electron chi connectivity index (χ4n) is 3.66. The SMILES string of the molecule is CCCC[C@@H](O)CN(Cc1c(C)nn(-c2ccc(F)cc2)c1Oc1ccc(F)cc1)C(C)C. The van der Waals surface area contributed by atoms with Crippen LogP contribution < -0.4 is 4.74 Å². The van der Waals surface area contributed by atoms with E-state index in [0.29, 0.717) is 30.4 Å². The van der Waals surface area contributed by atoms with E-state index in [-0.39, 0.29) is 17.7 Å². The standard InChI is InChI=1S/C26H33F2N3O2/c1-5-6-7-23(32)16-30(18(2)3)17-25-19(4)29-31(22-12-8-20(27)9-13-22)26(25)33-24-14-10-21(28)11-15-24/h8-15,18,23,32H,5-7,16-17H2,1-4H3/t23-/m1/s1. The van der Waals surface area contributed by atoms with Gasteiger partial charge in [-0.05, 0) is 75.7 Å². The van der Waals surface area contributed by atoms with E-state index in [9.17, 15) is 13.9 Å². The van der Waals surface area contributed by atoms with Crippen LogP contribution >= 0.6 is 0 Å². The molecule has 0 aliphatic rings. The molecule has 5 nitrogen and oxygen atoms in total. The van der Waals surface area contributed by atoms with Crippen LogP contribution in [0.1, 0.15) is 51.3 Å². The highest BCUT2D eigenvalue weighted by molar-refractivity contribution is 5.43. The van der Waals surface area contributed by atoms with E-state index in [2.05, 4.69) is 30.8 Å². The Hall–Kier alpha value is -2.77. The first-order chi connectivity index (χ1) is 15.8. The van der Waals surface area contributed by atoms with Crippen LogP contribution in [-0.4, -0.2) is 38.5 Å². The molecule has 0 saturated heterocycles. The van der Waals surface area contributed by atoms with Crippen molar-refractivity contribution in [2.24, 2.45) is 0 Å². The number of aliphatic hydroxyl groups excluding tert-OH is 1. The molecule has 0 aliphatic carbocycles. The van der Waals surface area contributed by atoms with Crippen LogP contribution in [-0.2, 0) is 6.54 Å². The number of halogens is 2. The van der Waals surface area contributed by atoms with Crippen molar-refractivity contribution < 1.29 is 18.6 Å². The van der Waals surface area contributed by atoms with Gasteiger partial charge in [-0.2, -0.15) is 5.10 Å². The summed E-state index contributed by atoms with van der Waals surface area (Å²) in [6.45, 7) is 9.25. The molecular weight excluding hydrogens is 424 g/mol. The molecule has 7 heteroatoms. The quantitative estimate of drug-likeness (QED) is 0.383. The monoisotopic (exact) mass is 457 g/mol. The van der Waals surface area contributed by atoms with E-state index in [4.69, 9.17) is 4.74 Å². The number of benzene rings is 2. The summed E-state index contributed by atoms with van der Waals surface area (Å²) in [4.78, 5) is 2.19. The van der Waals surface area contributed by atoms with Crippen LogP contribution in [0.2, 0.25) is 0 Å². The maximum Gasteiger partial charge on any atom is 0.227 e. The minimum Gasteiger partial charge on any atom is -0.439 e. The third kappa shape index (κ3) is 6.62. The van der Waals surface area contributed by atoms with Gasteiger partial charge in [0.05, 0.1) is 23.0 Å². The Labute approximate surface area is 194 Å². The normalized spacial score (nSPS) is 12.5. The molecule has 1 heterocycles. The van der Waals surface area contributed by atoms with E-state index in [1.165, 1.54) is 24.3 Å². The predicted molar refractivity (Wildman–Crippen MR) is 126 cm³/mol. The van der Waals surface area contributed by atoms with E-state index in [0.717, 1.165) is 30.5 Å². The molecule has 0 bridgehead atoms. The molecule has 1 atom stereocenters. The zero-order chi connectivity index (χ0) is 24.0. The summed E-state index contributed by atoms with van der Waals surface area (Å²) in [7, 11) is 0. The average molecular weight is 458 g/mol. The van der Waals surface area contributed by atoms with Crippen molar-refractivity contribution in [3.05, 3.63) is 71.4 Å². The second-order valence-corrected chi connectivity index (χ2v) is 8.63. The van der Waals surface area contributed by atoms with Crippen LogP contribution in [0, 0.1) is 18.6 Å². The number of aromatic nitrogens is 2. The molecule has 0 saturated carbocycles. The van der Waals surface area contributed by atoms with E-state index < -0.39 is 6.10 Å². The van der Waals surface area contributed by atoms with Crippen molar-refractivity contribution in [3.63, 3.8) is 0 Å². The first kappa shape index (κ1) is 24.9. The maximum atomic E-state index is 13.5. The smallest absolute Gasteiger partial charge is 0.227 e. The van der Waals surface area contributed by atoms with E-state index >= 15 is 0 Å². The molecule has 2 aromatic carbocycles. The average Bonchev–Trinajstić information content (AvgIpc) is 3.08. The molecule has 178 valence electrons. The molecule has 0 spiro atoms. The number of aliphatic hydroxyl groups is 1. The summed E-state index contributed by atoms with van der Waals surface area (Å²) >= 11 is 0. The van der Waals surface area contributed by atoms with Crippen molar-refractivity contribution in [1.82, 2.24) is 14.7 Å². The van der Waals surface area contributed by atoms with Gasteiger partial charge in [-0.25, -0.2) is 13.5 Å². The minimum absolute atomic E-state index is 0.188. The lowest BCUT2D eigenvalue weighted by atomic mass is 10.1. The van der Waals surface area contributed by atoms with Crippen LogP contribution in [0.15, 0.2) is 48.5 Å². The van der Waals surface area contributed by atoms with Gasteiger partial charge in [0.2, 0.25) is 5.88 Å². The Morgan fingerprint density at radius 2 is 1.64 bits per heavy atom. The predicted octanol–water partition coefficient (Wildman–Crippen LogP) is 6.01. The maximum absolute atomic E-state index is 13.5. The Bertz CT molecular complexity index is 1020. The Kier molecular flexibility index (Phi) is 8.58. The molecule has 0 radical (unpaired) electrons. The molecule has 33 heavy (non-hydrogen) atoms. The molecular formula is C26H33F2N3O2. The summed E-state index contributed by atoms with van der Waals surface area (Å²) in [5.41, 5.74) is 2.28. The number of nitrogens with zero attached hydrogens (tertiary/aromatic N) is 3. The van der Waals surface area contributed by atoms with Crippen LogP contribution in [0.3, 0.4) is 0 Å². The van der Waals surface area contributed by atoms with Crippen molar-refractivity contribution in [2.45, 2.75) is 65.6 Å². The fourth-order valence-corrected chi connectivity index (χ4v) is 3.66. The third-order valence-corrected chi connectivity index (χ3v) is 5.66. The van der Waals surface area contributed by atoms with Gasteiger partial charge in [-0.1, -0.05) is 19.8 Å². The first-order valence-corrected chi connectivity index (χ1v) is 11.5. The van der Waals surface area contributed by atoms with Gasteiger partial charge >= 0.3 is 0 Å². The van der Waals surface area contributed by atoms with Gasteiger partial charge in [0.25, 0.3) is 0 Å². The number of hydrogen-bond acceptors (Lipinski definition) is 4. The third-order valence-electron chi connectivity index (χ3n) is 5.66. The highest BCUT2D eigenvalue weighted by Crippen LogP contribution is 2.32. The summed E-state index contributed by atoms with van der Waals surface area (Å²) in [6, 6.07) is 12.0. The lowest BCUT2D eigenvalue weighted by molar-refractivity contribution is 0.0827. The lowest BCUT2D eigenvalue weighted by Gasteiger charge is -2.29. The molecule has 3 aromatic rings. The van der Waals surface area contributed by atoms with Crippen molar-refractivity contribution in [3.8, 4) is 17.3 Å². The van der Waals surface area contributed by atoms with Gasteiger partial charge < -0.3 is 9.84 Å². The summed E-state index contributed by atoms with van der Waals surface area (Å²) < 4.78 is 34.8. The second-order valence-electron chi connectivity index (χ2n) is 8.63. The second kappa shape index (κ2) is 11.4. The molecule has 0 amide bonds. The Balaban J connectivity index is 1.98. The molecule has 0 fully saturated rings. The van der Waals surface area contributed by atoms with Gasteiger partial charge in [0.15, 0.2) is 0 Å². The van der Waals surface area contributed by atoms with Gasteiger partial charge in [-0.15, -0.1) is 0 Å². The zero-order valence-corrected chi connectivity index (χ0v) is 19.8. The first-order valence-electron chi connectivity index (χ1n) is 11.5. The van der Waals surface area contributed by atoms with Crippen LogP contribution in [0.4, 0.5) is 8.78 Å². The van der Waals surface area contributed by atoms with Gasteiger partial charge in [0, 0.05) is 19.1 Å². The lowest BCUT2D eigenvalue weighted by Crippen LogP contribution is -2.37. The van der Waals surface area contributed by atoms with Crippen LogP contribution in [0.25, 0.3) is 5.69 Å². The van der Waals surface area contributed by atoms with Crippen molar-refractivity contribution in [1.29, 1.82) is 0 Å². The number of unbranched alkanes of at least 4 members (excludes halogenated alkanes) is 1. The van der Waals surface area contributed by atoms with E-state index in [1.807, 2.05) is 6.92 Å². The van der Waals surface area contributed by atoms with Crippen molar-refractivity contribution in [2.75, 3.05) is 6.54 Å². The van der Waals surface area contributed by atoms with Crippen molar-refractivity contribution >= 4 is 0 Å². The largest absolute Gasteiger partial charge is 0.439 e. The zero-order valence-electron chi connectivity index (χ0n) is 19.8. The van der Waals surface area contributed by atoms with Crippen LogP contribution in [0.5, 0.6) is 11.6 Å². The molecule has 1 N–H and O–H groups in total. The summed E-state index contributed by atoms with van der Waals surface area (Å²) in [5, 5.41) is 15.2. The summed E-state index contributed by atoms with van der Waals surface area (Å²) in [5.74, 6) is 0.271. The highest BCUT2D eigenvalue weighted by Gasteiger charge is 2.24. The molecule has 0 unspecified atom stereocenters. The topological polar surface area (TPSA) is 50.5 Å². The van der Waals surface area contributed by atoms with Gasteiger partial charge in [0.1, 0.15) is 17.4 Å². The fraction of sp³-hybridized carbons (Fsp3) is 0.423. The summed E-state index contributed by atoms with van der Waals surface area (Å²) in [6.07, 6.45) is 2.36. The molecule has 1 aromatic heterocycles. The number of hydrogen-bond donors (Lipinski definition) is 1. The Morgan fingerprint density at radius 3 is 2.21 bits per heavy atom. The minimum atomic E-state index is -0.415. The number of aryl methyl sites for hydroxylation is 1. The number of rotatable bonds is 11. The highest BCUT2D eigenvalue weighted by atomic mass is 19.1. The molecule has 3 rings (SSSR count). The van der Waals surface area contributed by atoms with Gasteiger partial charge in [-0.3, -0.25) is 4.90 Å². The number of ether oxygens (including phenoxy) is 1.